The van der Waals surface area contributed by atoms with Gasteiger partial charge in [0.2, 0.25) is 0 Å². The number of pyridine rings is 1. The average Bonchev–Trinajstić information content (AvgIpc) is 2.64. The van der Waals surface area contributed by atoms with Crippen molar-refractivity contribution in [1.29, 1.82) is 0 Å². The first-order valence-electron chi connectivity index (χ1n) is 7.14. The summed E-state index contributed by atoms with van der Waals surface area (Å²) in [5.41, 5.74) is 3.12. The van der Waals surface area contributed by atoms with Crippen LogP contribution in [0.25, 0.3) is 11.3 Å². The van der Waals surface area contributed by atoms with Crippen LogP contribution in [-0.2, 0) is 0 Å². The molecule has 1 aliphatic rings. The third-order valence-electron chi connectivity index (χ3n) is 3.14. The number of aromatic nitrogens is 1. The summed E-state index contributed by atoms with van der Waals surface area (Å²) in [7, 11) is 0. The van der Waals surface area contributed by atoms with Crippen LogP contribution >= 0.6 is 0 Å². The van der Waals surface area contributed by atoms with Gasteiger partial charge in [0.05, 0.1) is 5.69 Å². The Morgan fingerprint density at radius 1 is 0.773 bits per heavy atom. The Bertz CT molecular complexity index is 702. The Labute approximate surface area is 130 Å². The van der Waals surface area contributed by atoms with Crippen molar-refractivity contribution in [2.45, 2.75) is 0 Å². The smallest absolute Gasteiger partial charge is 0.145 e. The van der Waals surface area contributed by atoms with Gasteiger partial charge in [-0.3, -0.25) is 9.98 Å². The first kappa shape index (κ1) is 14.0. The molecule has 4 rings (SSSR count). The fourth-order valence-electron chi connectivity index (χ4n) is 2.09. The molecule has 22 heavy (non-hydrogen) atoms. The van der Waals surface area contributed by atoms with Gasteiger partial charge >= 0.3 is 0 Å². The van der Waals surface area contributed by atoms with Gasteiger partial charge in [-0.2, -0.15) is 0 Å². The fourth-order valence-corrected chi connectivity index (χ4v) is 2.09. The molecule has 2 aromatic carbocycles. The molecule has 3 nitrogen and oxygen atoms in total. The summed E-state index contributed by atoms with van der Waals surface area (Å²) in [5, 5.41) is 0. The zero-order valence-corrected chi connectivity index (χ0v) is 12.1. The number of nitrogens with zero attached hydrogens (tertiary/aromatic N) is 2. The third kappa shape index (κ3) is 3.58. The van der Waals surface area contributed by atoms with Gasteiger partial charge in [0, 0.05) is 18.0 Å². The first-order valence-corrected chi connectivity index (χ1v) is 7.14. The second-order valence-corrected chi connectivity index (χ2v) is 4.67. The largest absolute Gasteiger partial charge is 0.486 e. The Balaban J connectivity index is 0.000000133. The van der Waals surface area contributed by atoms with E-state index in [2.05, 4.69) is 22.1 Å². The normalized spacial score (nSPS) is 11.6. The molecule has 0 atom stereocenters. The zero-order valence-electron chi connectivity index (χ0n) is 12.1. The van der Waals surface area contributed by atoms with Crippen LogP contribution in [0.2, 0.25) is 0 Å². The number of hydrogen-bond donors (Lipinski definition) is 0. The predicted molar refractivity (Wildman–Crippen MR) is 89.8 cm³/mol. The molecule has 0 amide bonds. The molecular formula is C19H16N2O. The van der Waals surface area contributed by atoms with Gasteiger partial charge in [-0.15, -0.1) is 0 Å². The van der Waals surface area contributed by atoms with Gasteiger partial charge in [0.15, 0.2) is 0 Å². The summed E-state index contributed by atoms with van der Waals surface area (Å²) in [6.07, 6.45) is 3.57. The monoisotopic (exact) mass is 288 g/mol. The lowest BCUT2D eigenvalue weighted by Gasteiger charge is -2.09. The quantitative estimate of drug-likeness (QED) is 0.659. The minimum atomic E-state index is 0.594. The van der Waals surface area contributed by atoms with Gasteiger partial charge in [-0.1, -0.05) is 48.5 Å². The van der Waals surface area contributed by atoms with Crippen molar-refractivity contribution >= 4 is 11.9 Å². The highest BCUT2D eigenvalue weighted by Crippen LogP contribution is 2.27. The highest BCUT2D eigenvalue weighted by Gasteiger charge is 2.02. The minimum Gasteiger partial charge on any atom is -0.486 e. The van der Waals surface area contributed by atoms with E-state index in [9.17, 15) is 0 Å². The molecule has 0 bridgehead atoms. The van der Waals surface area contributed by atoms with Crippen LogP contribution in [0.1, 0.15) is 0 Å². The Kier molecular flexibility index (Phi) is 4.57. The molecule has 0 fully saturated rings. The van der Waals surface area contributed by atoms with Crippen LogP contribution in [-0.4, -0.2) is 17.8 Å². The summed E-state index contributed by atoms with van der Waals surface area (Å²) in [6, 6.07) is 23.8. The van der Waals surface area contributed by atoms with Crippen LogP contribution < -0.4 is 4.74 Å². The minimum absolute atomic E-state index is 0.594. The number of hydrogen-bond acceptors (Lipinski definition) is 3. The molecular weight excluding hydrogens is 272 g/mol. The average molecular weight is 288 g/mol. The summed E-state index contributed by atoms with van der Waals surface area (Å²) < 4.78 is 5.27. The van der Waals surface area contributed by atoms with Gasteiger partial charge in [-0.05, 0) is 24.3 Å². The van der Waals surface area contributed by atoms with Crippen molar-refractivity contribution in [2.24, 2.45) is 4.99 Å². The van der Waals surface area contributed by atoms with Crippen molar-refractivity contribution in [3.05, 3.63) is 79.0 Å². The molecule has 0 saturated carbocycles. The number of benzene rings is 2. The molecule has 3 heteroatoms. The van der Waals surface area contributed by atoms with Crippen LogP contribution in [0.3, 0.4) is 0 Å². The Morgan fingerprint density at radius 2 is 1.55 bits per heavy atom. The number of para-hydroxylation sites is 2. The molecule has 2 heterocycles. The molecule has 1 aliphatic heterocycles. The van der Waals surface area contributed by atoms with Gasteiger partial charge in [0.1, 0.15) is 18.0 Å². The van der Waals surface area contributed by atoms with E-state index < -0.39 is 0 Å². The zero-order chi connectivity index (χ0) is 15.0. The molecule has 0 N–H and O–H groups in total. The van der Waals surface area contributed by atoms with Gasteiger partial charge in [-0.25, -0.2) is 0 Å². The lowest BCUT2D eigenvalue weighted by molar-refractivity contribution is 0.377. The lowest BCUT2D eigenvalue weighted by atomic mass is 10.1. The summed E-state index contributed by atoms with van der Waals surface area (Å²) in [4.78, 5) is 8.39. The van der Waals surface area contributed by atoms with E-state index in [1.165, 1.54) is 0 Å². The van der Waals surface area contributed by atoms with Crippen molar-refractivity contribution in [3.8, 4) is 17.0 Å². The van der Waals surface area contributed by atoms with Crippen LogP contribution in [0.4, 0.5) is 5.69 Å². The molecule has 0 saturated heterocycles. The van der Waals surface area contributed by atoms with E-state index in [0.29, 0.717) is 6.61 Å². The lowest BCUT2D eigenvalue weighted by Crippen LogP contribution is -2.01. The predicted octanol–water partition coefficient (Wildman–Crippen LogP) is 4.53. The number of rotatable bonds is 1. The first-order chi connectivity index (χ1) is 10.9. The van der Waals surface area contributed by atoms with Crippen LogP contribution in [0, 0.1) is 0 Å². The van der Waals surface area contributed by atoms with E-state index in [0.717, 1.165) is 22.7 Å². The maximum Gasteiger partial charge on any atom is 0.145 e. The SMILES string of the molecule is C1=Nc2ccccc2OC1.c1ccc(-c2ccccn2)cc1. The van der Waals surface area contributed by atoms with E-state index in [1.54, 1.807) is 6.21 Å². The molecule has 0 radical (unpaired) electrons. The van der Waals surface area contributed by atoms with E-state index in [-0.39, 0.29) is 0 Å². The van der Waals surface area contributed by atoms with Crippen LogP contribution in [0.15, 0.2) is 84.0 Å². The number of fused-ring (bicyclic) bond motifs is 1. The Morgan fingerprint density at radius 3 is 2.32 bits per heavy atom. The fraction of sp³-hybridized carbons (Fsp3) is 0.0526. The summed E-state index contributed by atoms with van der Waals surface area (Å²) in [6.45, 7) is 0.594. The summed E-state index contributed by atoms with van der Waals surface area (Å²) >= 11 is 0. The van der Waals surface area contributed by atoms with Gasteiger partial charge < -0.3 is 4.74 Å². The third-order valence-corrected chi connectivity index (χ3v) is 3.14. The molecule has 1 aromatic heterocycles. The summed E-state index contributed by atoms with van der Waals surface area (Å²) in [5.74, 6) is 0.880. The van der Waals surface area contributed by atoms with Gasteiger partial charge in [0.25, 0.3) is 0 Å². The maximum atomic E-state index is 5.27. The van der Waals surface area contributed by atoms with E-state index >= 15 is 0 Å². The molecule has 0 spiro atoms. The second kappa shape index (κ2) is 7.18. The van der Waals surface area contributed by atoms with E-state index in [1.807, 2.05) is 66.9 Å². The van der Waals surface area contributed by atoms with Crippen molar-refractivity contribution < 1.29 is 4.74 Å². The maximum absolute atomic E-state index is 5.27. The molecule has 0 unspecified atom stereocenters. The standard InChI is InChI=1S/C11H9N.C8H7NO/c1-2-6-10(7-3-1)11-8-4-5-9-12-11;1-2-4-8-7(3-1)9-5-6-10-8/h1-9H;1-5H,6H2. The highest BCUT2D eigenvalue weighted by molar-refractivity contribution is 5.70. The van der Waals surface area contributed by atoms with E-state index in [4.69, 9.17) is 4.74 Å². The van der Waals surface area contributed by atoms with Crippen molar-refractivity contribution in [1.82, 2.24) is 4.98 Å². The van der Waals surface area contributed by atoms with Crippen molar-refractivity contribution in [2.75, 3.05) is 6.61 Å². The topological polar surface area (TPSA) is 34.5 Å². The van der Waals surface area contributed by atoms with Crippen molar-refractivity contribution in [3.63, 3.8) is 0 Å². The Hall–Kier alpha value is -2.94. The molecule has 108 valence electrons. The number of ether oxygens (including phenoxy) is 1. The highest BCUT2D eigenvalue weighted by atomic mass is 16.5. The molecule has 0 aliphatic carbocycles. The second-order valence-electron chi connectivity index (χ2n) is 4.67. The number of aliphatic imine (C=N–C) groups is 1. The molecule has 3 aromatic rings. The van der Waals surface area contributed by atoms with Crippen LogP contribution in [0.5, 0.6) is 5.75 Å².